The number of nitrogens with one attached hydrogen (secondary N) is 1. The van der Waals surface area contributed by atoms with E-state index in [1.807, 2.05) is 6.92 Å². The standard InChI is InChI=1S/C16H24N2O4S/c1-3-10-17-23(20,21)15-8-6-13(7-9-15)16(19)18(2)12-14-5-4-11-22-14/h6-9,14,17H,3-5,10-12H2,1-2H3/t14-/m1/s1. The lowest BCUT2D eigenvalue weighted by molar-refractivity contribution is 0.0587. The molecule has 6 nitrogen and oxygen atoms in total. The Labute approximate surface area is 137 Å². The molecule has 23 heavy (non-hydrogen) atoms. The Kier molecular flexibility index (Phi) is 6.15. The summed E-state index contributed by atoms with van der Waals surface area (Å²) in [7, 11) is -1.77. The Morgan fingerprint density at radius 3 is 2.61 bits per heavy atom. The molecule has 1 aliphatic heterocycles. The first kappa shape index (κ1) is 17.9. The zero-order chi connectivity index (χ0) is 16.9. The minimum atomic E-state index is -3.50. The van der Waals surface area contributed by atoms with Crippen LogP contribution in [-0.2, 0) is 14.8 Å². The number of hydrogen-bond acceptors (Lipinski definition) is 4. The number of sulfonamides is 1. The van der Waals surface area contributed by atoms with Crippen LogP contribution in [-0.4, -0.2) is 52.1 Å². The minimum absolute atomic E-state index is 0.0989. The summed E-state index contributed by atoms with van der Waals surface area (Å²) in [6, 6.07) is 6.03. The van der Waals surface area contributed by atoms with Crippen LogP contribution in [0.5, 0.6) is 0 Å². The van der Waals surface area contributed by atoms with Crippen LogP contribution in [0.15, 0.2) is 29.2 Å². The fourth-order valence-electron chi connectivity index (χ4n) is 2.49. The smallest absolute Gasteiger partial charge is 0.253 e. The van der Waals surface area contributed by atoms with Crippen molar-refractivity contribution in [2.24, 2.45) is 0 Å². The molecule has 0 aromatic heterocycles. The molecule has 7 heteroatoms. The maximum absolute atomic E-state index is 12.4. The lowest BCUT2D eigenvalue weighted by Gasteiger charge is -2.21. The Bertz CT molecular complexity index is 622. The second-order valence-electron chi connectivity index (χ2n) is 5.74. The molecule has 1 aromatic carbocycles. The maximum Gasteiger partial charge on any atom is 0.253 e. The first-order chi connectivity index (χ1) is 10.9. The third kappa shape index (κ3) is 4.76. The Hall–Kier alpha value is -1.44. The Balaban J connectivity index is 2.01. The van der Waals surface area contributed by atoms with E-state index >= 15 is 0 Å². The van der Waals surface area contributed by atoms with Crippen molar-refractivity contribution in [1.29, 1.82) is 0 Å². The first-order valence-corrected chi connectivity index (χ1v) is 9.39. The van der Waals surface area contributed by atoms with Crippen molar-refractivity contribution < 1.29 is 17.9 Å². The van der Waals surface area contributed by atoms with Gasteiger partial charge in [0.1, 0.15) is 0 Å². The molecule has 1 N–H and O–H groups in total. The average molecular weight is 340 g/mol. The quantitative estimate of drug-likeness (QED) is 0.818. The fraction of sp³-hybridized carbons (Fsp3) is 0.562. The van der Waals surface area contributed by atoms with Crippen molar-refractivity contribution in [3.05, 3.63) is 29.8 Å². The summed E-state index contributed by atoms with van der Waals surface area (Å²) >= 11 is 0. The Morgan fingerprint density at radius 2 is 2.04 bits per heavy atom. The minimum Gasteiger partial charge on any atom is -0.376 e. The fourth-order valence-corrected chi connectivity index (χ4v) is 3.63. The van der Waals surface area contributed by atoms with Gasteiger partial charge in [0, 0.05) is 32.3 Å². The highest BCUT2D eigenvalue weighted by molar-refractivity contribution is 7.89. The van der Waals surface area contributed by atoms with Gasteiger partial charge in [0.05, 0.1) is 11.0 Å². The number of carbonyl (C=O) groups is 1. The van der Waals surface area contributed by atoms with Crippen molar-refractivity contribution in [1.82, 2.24) is 9.62 Å². The largest absolute Gasteiger partial charge is 0.376 e. The van der Waals surface area contributed by atoms with Crippen molar-refractivity contribution in [2.45, 2.75) is 37.2 Å². The third-order valence-corrected chi connectivity index (χ3v) is 5.28. The van der Waals surface area contributed by atoms with Gasteiger partial charge in [-0.05, 0) is 43.5 Å². The van der Waals surface area contributed by atoms with E-state index in [1.54, 1.807) is 24.1 Å². The van der Waals surface area contributed by atoms with E-state index in [9.17, 15) is 13.2 Å². The molecule has 1 fully saturated rings. The van der Waals surface area contributed by atoms with E-state index in [1.165, 1.54) is 12.1 Å². The van der Waals surface area contributed by atoms with Gasteiger partial charge in [-0.2, -0.15) is 0 Å². The van der Waals surface area contributed by atoms with Gasteiger partial charge >= 0.3 is 0 Å². The molecule has 0 unspecified atom stereocenters. The molecule has 0 spiro atoms. The van der Waals surface area contributed by atoms with E-state index in [0.717, 1.165) is 25.9 Å². The second kappa shape index (κ2) is 7.90. The van der Waals surface area contributed by atoms with E-state index < -0.39 is 10.0 Å². The lowest BCUT2D eigenvalue weighted by Crippen LogP contribution is -2.34. The number of hydrogen-bond donors (Lipinski definition) is 1. The van der Waals surface area contributed by atoms with Gasteiger partial charge in [-0.25, -0.2) is 13.1 Å². The maximum atomic E-state index is 12.4. The topological polar surface area (TPSA) is 75.7 Å². The second-order valence-corrected chi connectivity index (χ2v) is 7.51. The number of ether oxygens (including phenoxy) is 1. The molecule has 1 saturated heterocycles. The molecule has 0 radical (unpaired) electrons. The molecule has 128 valence electrons. The highest BCUT2D eigenvalue weighted by Gasteiger charge is 2.21. The van der Waals surface area contributed by atoms with Crippen molar-refractivity contribution >= 4 is 15.9 Å². The molecular weight excluding hydrogens is 316 g/mol. The number of amides is 1. The number of carbonyl (C=O) groups excluding carboxylic acids is 1. The van der Waals surface area contributed by atoms with Crippen LogP contribution in [0.2, 0.25) is 0 Å². The highest BCUT2D eigenvalue weighted by atomic mass is 32.2. The van der Waals surface area contributed by atoms with Gasteiger partial charge in [-0.3, -0.25) is 4.79 Å². The van der Waals surface area contributed by atoms with Gasteiger partial charge in [0.25, 0.3) is 5.91 Å². The van der Waals surface area contributed by atoms with Gasteiger partial charge < -0.3 is 9.64 Å². The molecule has 0 bridgehead atoms. The zero-order valence-corrected chi connectivity index (χ0v) is 14.4. The van der Waals surface area contributed by atoms with Gasteiger partial charge in [-0.1, -0.05) is 6.92 Å². The molecule has 1 heterocycles. The Morgan fingerprint density at radius 1 is 1.35 bits per heavy atom. The normalized spacial score (nSPS) is 18.1. The number of likely N-dealkylation sites (N-methyl/N-ethyl adjacent to an activating group) is 1. The number of rotatable bonds is 7. The van der Waals surface area contributed by atoms with Crippen molar-refractivity contribution in [3.8, 4) is 0 Å². The zero-order valence-electron chi connectivity index (χ0n) is 13.6. The predicted octanol–water partition coefficient (Wildman–Crippen LogP) is 1.63. The van der Waals surface area contributed by atoms with E-state index in [0.29, 0.717) is 18.7 Å². The lowest BCUT2D eigenvalue weighted by atomic mass is 10.2. The van der Waals surface area contributed by atoms with Crippen molar-refractivity contribution in [3.63, 3.8) is 0 Å². The van der Waals surface area contributed by atoms with Crippen LogP contribution >= 0.6 is 0 Å². The first-order valence-electron chi connectivity index (χ1n) is 7.91. The summed E-state index contributed by atoms with van der Waals surface area (Å²) < 4.78 is 32.1. The summed E-state index contributed by atoms with van der Waals surface area (Å²) in [5.74, 6) is -0.133. The van der Waals surface area contributed by atoms with Gasteiger partial charge in [0.2, 0.25) is 10.0 Å². The summed E-state index contributed by atoms with van der Waals surface area (Å²) in [4.78, 5) is 14.2. The third-order valence-electron chi connectivity index (χ3n) is 3.80. The molecular formula is C16H24N2O4S. The van der Waals surface area contributed by atoms with Gasteiger partial charge in [-0.15, -0.1) is 0 Å². The average Bonchev–Trinajstić information content (AvgIpc) is 3.05. The SMILES string of the molecule is CCCNS(=O)(=O)c1ccc(C(=O)N(C)C[C@H]2CCCO2)cc1. The highest BCUT2D eigenvalue weighted by Crippen LogP contribution is 2.15. The monoisotopic (exact) mass is 340 g/mol. The van der Waals surface area contributed by atoms with Crippen LogP contribution in [0.4, 0.5) is 0 Å². The van der Waals surface area contributed by atoms with Gasteiger partial charge in [0.15, 0.2) is 0 Å². The van der Waals surface area contributed by atoms with Crippen molar-refractivity contribution in [2.75, 3.05) is 26.7 Å². The molecule has 1 aromatic rings. The van der Waals surface area contributed by atoms with E-state index in [-0.39, 0.29) is 16.9 Å². The molecule has 1 amide bonds. The number of nitrogens with zero attached hydrogens (tertiary/aromatic N) is 1. The van der Waals surface area contributed by atoms with Crippen LogP contribution in [0.3, 0.4) is 0 Å². The van der Waals surface area contributed by atoms with Crippen LogP contribution in [0.25, 0.3) is 0 Å². The van der Waals surface area contributed by atoms with Crippen LogP contribution in [0.1, 0.15) is 36.5 Å². The molecule has 1 aliphatic rings. The van der Waals surface area contributed by atoms with E-state index in [4.69, 9.17) is 4.74 Å². The summed E-state index contributed by atoms with van der Waals surface area (Å²) in [5.41, 5.74) is 0.472. The summed E-state index contributed by atoms with van der Waals surface area (Å²) in [5, 5.41) is 0. The van der Waals surface area contributed by atoms with Crippen LogP contribution in [0, 0.1) is 0 Å². The summed E-state index contributed by atoms with van der Waals surface area (Å²) in [6.07, 6.45) is 2.83. The number of benzene rings is 1. The van der Waals surface area contributed by atoms with E-state index in [2.05, 4.69) is 4.72 Å². The predicted molar refractivity (Wildman–Crippen MR) is 87.9 cm³/mol. The molecule has 0 saturated carbocycles. The molecule has 2 rings (SSSR count). The molecule has 1 atom stereocenters. The summed E-state index contributed by atoms with van der Waals surface area (Å²) in [6.45, 7) is 3.60. The van der Waals surface area contributed by atoms with Crippen LogP contribution < -0.4 is 4.72 Å². The molecule has 0 aliphatic carbocycles.